The van der Waals surface area contributed by atoms with Gasteiger partial charge in [-0.2, -0.15) is 11.3 Å². The van der Waals surface area contributed by atoms with Crippen LogP contribution in [0.25, 0.3) is 0 Å². The van der Waals surface area contributed by atoms with Gasteiger partial charge in [0.15, 0.2) is 8.38 Å². The van der Waals surface area contributed by atoms with Gasteiger partial charge in [0.05, 0.1) is 0 Å². The summed E-state index contributed by atoms with van der Waals surface area (Å²) >= 11 is 1.46. The quantitative estimate of drug-likeness (QED) is 0.574. The van der Waals surface area contributed by atoms with Crippen LogP contribution in [0.5, 0.6) is 0 Å². The minimum atomic E-state index is -1.85. The zero-order chi connectivity index (χ0) is 5.98. The van der Waals surface area contributed by atoms with Crippen molar-refractivity contribution in [2.75, 3.05) is 0 Å². The third-order valence-corrected chi connectivity index (χ3v) is 2.34. The van der Waals surface area contributed by atoms with Crippen LogP contribution in [0.4, 0.5) is 0 Å². The molecule has 1 heterocycles. The van der Waals surface area contributed by atoms with E-state index in [1.807, 2.05) is 5.38 Å². The Labute approximate surface area is 52.3 Å². The van der Waals surface area contributed by atoms with E-state index < -0.39 is 8.38 Å². The predicted molar refractivity (Wildman–Crippen MR) is 35.3 cm³/mol. The molecule has 0 saturated carbocycles. The Hall–Kier alpha value is 0.0500. The van der Waals surface area contributed by atoms with Crippen LogP contribution < -0.4 is 5.30 Å². The van der Waals surface area contributed by atoms with E-state index >= 15 is 0 Å². The molecule has 0 bridgehead atoms. The third-order valence-electron chi connectivity index (χ3n) is 0.737. The molecule has 1 aromatic rings. The van der Waals surface area contributed by atoms with Crippen LogP contribution >= 0.6 is 19.7 Å². The molecule has 0 radical (unpaired) electrons. The zero-order valence-electron chi connectivity index (χ0n) is 3.98. The Morgan fingerprint density at radius 1 is 1.50 bits per heavy atom. The van der Waals surface area contributed by atoms with Crippen molar-refractivity contribution < 1.29 is 9.79 Å². The highest BCUT2D eigenvalue weighted by molar-refractivity contribution is 7.54. The molecule has 1 aromatic heterocycles. The molecule has 0 spiro atoms. The number of hydrogen-bond donors (Lipinski definition) is 2. The molecule has 0 unspecified atom stereocenters. The molecule has 0 fully saturated rings. The van der Waals surface area contributed by atoms with Crippen molar-refractivity contribution in [3.63, 3.8) is 0 Å². The fourth-order valence-electron chi connectivity index (χ4n) is 0.371. The summed E-state index contributed by atoms with van der Waals surface area (Å²) in [6.07, 6.45) is 0. The first-order chi connectivity index (χ1) is 3.80. The lowest BCUT2D eigenvalue weighted by atomic mass is 10.7. The smallest absolute Gasteiger partial charge is 0.200 e. The van der Waals surface area contributed by atoms with Gasteiger partial charge in [-0.15, -0.1) is 0 Å². The van der Waals surface area contributed by atoms with Crippen LogP contribution in [0, 0.1) is 0 Å². The Morgan fingerprint density at radius 3 is 2.50 bits per heavy atom. The summed E-state index contributed by atoms with van der Waals surface area (Å²) < 4.78 is 0. The van der Waals surface area contributed by atoms with E-state index in [2.05, 4.69) is 0 Å². The second-order valence-corrected chi connectivity index (χ2v) is 3.15. The van der Waals surface area contributed by atoms with Crippen LogP contribution in [0.15, 0.2) is 16.8 Å². The standard InChI is InChI=1S/C4H5O2PS/c5-7(6)4-1-2-8-3-4/h1-3,5-6H. The fraction of sp³-hybridized carbons (Fsp3) is 0. The van der Waals surface area contributed by atoms with Gasteiger partial charge >= 0.3 is 0 Å². The average molecular weight is 148 g/mol. The van der Waals surface area contributed by atoms with Gasteiger partial charge in [0.2, 0.25) is 0 Å². The number of hydrogen-bond acceptors (Lipinski definition) is 3. The van der Waals surface area contributed by atoms with Crippen molar-refractivity contribution in [3.05, 3.63) is 16.8 Å². The second-order valence-electron chi connectivity index (χ2n) is 1.27. The number of rotatable bonds is 1. The molecule has 44 valence electrons. The Balaban J connectivity index is 2.77. The third kappa shape index (κ3) is 1.26. The summed E-state index contributed by atoms with van der Waals surface area (Å²) in [5, 5.41) is 4.17. The predicted octanol–water partition coefficient (Wildman–Crippen LogP) is 0.670. The Morgan fingerprint density at radius 2 is 2.25 bits per heavy atom. The topological polar surface area (TPSA) is 40.5 Å². The fourth-order valence-corrected chi connectivity index (χ4v) is 1.76. The molecule has 0 aliphatic rings. The van der Waals surface area contributed by atoms with Crippen LogP contribution in [0.1, 0.15) is 0 Å². The summed E-state index contributed by atoms with van der Waals surface area (Å²) in [6, 6.07) is 1.70. The molecule has 0 saturated heterocycles. The summed E-state index contributed by atoms with van der Waals surface area (Å²) in [4.78, 5) is 17.1. The second kappa shape index (κ2) is 2.55. The van der Waals surface area contributed by atoms with Crippen molar-refractivity contribution in [2.24, 2.45) is 0 Å². The number of thiophene rings is 1. The molecule has 4 heteroatoms. The molecule has 8 heavy (non-hydrogen) atoms. The molecule has 0 aliphatic carbocycles. The van der Waals surface area contributed by atoms with Crippen molar-refractivity contribution >= 4 is 25.0 Å². The maximum absolute atomic E-state index is 8.54. The van der Waals surface area contributed by atoms with Gasteiger partial charge in [0.1, 0.15) is 0 Å². The van der Waals surface area contributed by atoms with E-state index in [1.165, 1.54) is 11.3 Å². The van der Waals surface area contributed by atoms with Crippen LogP contribution in [0.3, 0.4) is 0 Å². The van der Waals surface area contributed by atoms with Crippen molar-refractivity contribution in [3.8, 4) is 0 Å². The van der Waals surface area contributed by atoms with Crippen LogP contribution in [-0.4, -0.2) is 9.79 Å². The van der Waals surface area contributed by atoms with Crippen LogP contribution in [0.2, 0.25) is 0 Å². The largest absolute Gasteiger partial charge is 0.347 e. The first kappa shape index (κ1) is 6.17. The molecule has 1 rings (SSSR count). The van der Waals surface area contributed by atoms with E-state index in [4.69, 9.17) is 9.79 Å². The molecule has 0 atom stereocenters. The highest BCUT2D eigenvalue weighted by Crippen LogP contribution is 2.22. The van der Waals surface area contributed by atoms with Crippen LogP contribution in [-0.2, 0) is 0 Å². The lowest BCUT2D eigenvalue weighted by Gasteiger charge is -1.93. The molecular formula is C4H5O2PS. The molecule has 2 nitrogen and oxygen atoms in total. The SMILES string of the molecule is OP(O)c1ccsc1. The lowest BCUT2D eigenvalue weighted by molar-refractivity contribution is 0.497. The summed E-state index contributed by atoms with van der Waals surface area (Å²) in [6.45, 7) is 0. The van der Waals surface area contributed by atoms with Crippen molar-refractivity contribution in [1.82, 2.24) is 0 Å². The summed E-state index contributed by atoms with van der Waals surface area (Å²) in [7, 11) is -1.85. The van der Waals surface area contributed by atoms with Gasteiger partial charge in [-0.1, -0.05) is 0 Å². The van der Waals surface area contributed by atoms with Gasteiger partial charge in [-0.05, 0) is 11.4 Å². The van der Waals surface area contributed by atoms with Crippen molar-refractivity contribution in [2.45, 2.75) is 0 Å². The molecular weight excluding hydrogens is 143 g/mol. The van der Waals surface area contributed by atoms with Gasteiger partial charge < -0.3 is 9.79 Å². The summed E-state index contributed by atoms with van der Waals surface area (Å²) in [5.41, 5.74) is 0. The highest BCUT2D eigenvalue weighted by Gasteiger charge is 2.00. The minimum absolute atomic E-state index is 0.630. The maximum atomic E-state index is 8.54. The van der Waals surface area contributed by atoms with E-state index in [-0.39, 0.29) is 0 Å². The molecule has 2 N–H and O–H groups in total. The highest BCUT2D eigenvalue weighted by atomic mass is 32.1. The van der Waals surface area contributed by atoms with E-state index in [0.29, 0.717) is 5.30 Å². The monoisotopic (exact) mass is 148 g/mol. The summed E-state index contributed by atoms with van der Waals surface area (Å²) in [5.74, 6) is 0. The zero-order valence-corrected chi connectivity index (χ0v) is 5.69. The van der Waals surface area contributed by atoms with Gasteiger partial charge in [-0.25, -0.2) is 0 Å². The minimum Gasteiger partial charge on any atom is -0.347 e. The Kier molecular flexibility index (Phi) is 1.97. The molecule has 0 amide bonds. The van der Waals surface area contributed by atoms with E-state index in [1.54, 1.807) is 11.4 Å². The van der Waals surface area contributed by atoms with Gasteiger partial charge in [-0.3, -0.25) is 0 Å². The average Bonchev–Trinajstić information content (AvgIpc) is 2.12. The normalized spacial score (nSPS) is 10.4. The first-order valence-electron chi connectivity index (χ1n) is 2.01. The van der Waals surface area contributed by atoms with E-state index in [9.17, 15) is 0 Å². The maximum Gasteiger partial charge on any atom is 0.200 e. The van der Waals surface area contributed by atoms with Crippen molar-refractivity contribution in [1.29, 1.82) is 0 Å². The lowest BCUT2D eigenvalue weighted by Crippen LogP contribution is -1.91. The van der Waals surface area contributed by atoms with Gasteiger partial charge in [0, 0.05) is 10.7 Å². The molecule has 0 aromatic carbocycles. The first-order valence-corrected chi connectivity index (χ1v) is 4.20. The van der Waals surface area contributed by atoms with E-state index in [0.717, 1.165) is 0 Å². The molecule has 0 aliphatic heterocycles. The van der Waals surface area contributed by atoms with Gasteiger partial charge in [0.25, 0.3) is 0 Å². The Bertz CT molecular complexity index is 149.